The fraction of sp³-hybridized carbons (Fsp3) is 0.625. The van der Waals surface area contributed by atoms with Crippen molar-refractivity contribution in [3.8, 4) is 0 Å². The van der Waals surface area contributed by atoms with Crippen LogP contribution in [0.3, 0.4) is 0 Å². The number of carbonyl (C=O) groups is 3. The zero-order chi connectivity index (χ0) is 23.9. The number of ketones is 1. The van der Waals surface area contributed by atoms with Crippen molar-refractivity contribution in [1.82, 2.24) is 0 Å². The maximum Gasteiger partial charge on any atom is 0.223 e. The minimum atomic E-state index is -1.95. The number of rotatable bonds is 6. The highest BCUT2D eigenvalue weighted by Crippen LogP contribution is 2.63. The summed E-state index contributed by atoms with van der Waals surface area (Å²) in [6.07, 6.45) is 4.97. The van der Waals surface area contributed by atoms with E-state index >= 15 is 4.39 Å². The molecular weight excluding hydrogens is 441 g/mol. The molecule has 32 heavy (non-hydrogen) atoms. The second-order valence-corrected chi connectivity index (χ2v) is 10.5. The molecule has 2 unspecified atom stereocenters. The summed E-state index contributed by atoms with van der Waals surface area (Å²) < 4.78 is 42.4. The molecule has 176 valence electrons. The van der Waals surface area contributed by atoms with Gasteiger partial charge in [-0.2, -0.15) is 0 Å². The number of aldehydes is 1. The number of hydrogen-bond donors (Lipinski definition) is 1. The molecule has 0 saturated heterocycles. The molecule has 0 spiro atoms. The number of carbonyl (C=O) groups excluding carboxylic acids is 3. The lowest BCUT2D eigenvalue weighted by atomic mass is 9.56. The van der Waals surface area contributed by atoms with Crippen LogP contribution in [0.25, 0.3) is 0 Å². The van der Waals surface area contributed by atoms with Crippen LogP contribution in [0.5, 0.6) is 0 Å². The Hall–Kier alpha value is -1.67. The van der Waals surface area contributed by atoms with Crippen molar-refractivity contribution in [3.05, 3.63) is 35.7 Å². The van der Waals surface area contributed by atoms with Crippen LogP contribution in [0.4, 0.5) is 13.2 Å². The van der Waals surface area contributed by atoms with E-state index in [1.165, 1.54) is 31.2 Å². The topological polar surface area (TPSA) is 71.4 Å². The first-order valence-corrected chi connectivity index (χ1v) is 11.8. The Balaban J connectivity index is 2.07. The number of hydrogen-bond acceptors (Lipinski definition) is 5. The molecule has 3 aliphatic carbocycles. The number of fused-ring (bicyclic) bond motifs is 1. The Morgan fingerprint density at radius 2 is 2.06 bits per heavy atom. The maximum atomic E-state index is 15.4. The van der Waals surface area contributed by atoms with Crippen molar-refractivity contribution in [3.63, 3.8) is 0 Å². The van der Waals surface area contributed by atoms with E-state index in [1.807, 2.05) is 0 Å². The van der Waals surface area contributed by atoms with E-state index in [-0.39, 0.29) is 30.6 Å². The molecule has 1 N–H and O–H groups in total. The highest BCUT2D eigenvalue weighted by Gasteiger charge is 2.66. The van der Waals surface area contributed by atoms with Gasteiger partial charge in [-0.3, -0.25) is 9.59 Å². The minimum absolute atomic E-state index is 0.0280. The number of halogens is 3. The average molecular weight is 471 g/mol. The van der Waals surface area contributed by atoms with Crippen molar-refractivity contribution in [2.24, 2.45) is 28.6 Å². The van der Waals surface area contributed by atoms with E-state index in [0.29, 0.717) is 24.5 Å². The first-order chi connectivity index (χ1) is 14.9. The van der Waals surface area contributed by atoms with Gasteiger partial charge in [-0.05, 0) is 67.7 Å². The van der Waals surface area contributed by atoms with Crippen LogP contribution in [0.1, 0.15) is 46.5 Å². The molecule has 8 heteroatoms. The predicted octanol–water partition coefficient (Wildman–Crippen LogP) is 4.83. The summed E-state index contributed by atoms with van der Waals surface area (Å²) in [5.41, 5.74) is -4.10. The van der Waals surface area contributed by atoms with Crippen LogP contribution in [-0.2, 0) is 14.4 Å². The van der Waals surface area contributed by atoms with Crippen molar-refractivity contribution in [1.29, 1.82) is 0 Å². The van der Waals surface area contributed by atoms with Gasteiger partial charge in [0.1, 0.15) is 24.1 Å². The van der Waals surface area contributed by atoms with Gasteiger partial charge in [0, 0.05) is 17.3 Å². The molecule has 0 radical (unpaired) electrons. The largest absolute Gasteiger partial charge is 0.380 e. The third-order valence-electron chi connectivity index (χ3n) is 7.87. The van der Waals surface area contributed by atoms with Gasteiger partial charge in [0.2, 0.25) is 5.12 Å². The molecule has 0 bridgehead atoms. The molecule has 0 aliphatic heterocycles. The molecule has 7 atom stereocenters. The van der Waals surface area contributed by atoms with Gasteiger partial charge in [0.25, 0.3) is 0 Å². The Kier molecular flexibility index (Phi) is 6.97. The normalized spacial score (nSPS) is 41.9. The quantitative estimate of drug-likeness (QED) is 0.563. The summed E-state index contributed by atoms with van der Waals surface area (Å²) in [5, 5.41) is 10.8. The Labute approximate surface area is 190 Å². The molecule has 3 rings (SSSR count). The van der Waals surface area contributed by atoms with Gasteiger partial charge in [-0.15, -0.1) is 0 Å². The summed E-state index contributed by atoms with van der Waals surface area (Å²) >= 11 is 0.372. The number of allylic oxidation sites excluding steroid dienone is 6. The third kappa shape index (κ3) is 3.83. The fourth-order valence-electron chi connectivity index (χ4n) is 6.44. The molecule has 0 heterocycles. The highest BCUT2D eigenvalue weighted by molar-refractivity contribution is 8.13. The molecule has 4 nitrogen and oxygen atoms in total. The van der Waals surface area contributed by atoms with Crippen molar-refractivity contribution < 1.29 is 32.7 Å². The summed E-state index contributed by atoms with van der Waals surface area (Å²) in [5.74, 6) is -2.28. The van der Waals surface area contributed by atoms with Gasteiger partial charge in [-0.1, -0.05) is 31.7 Å². The van der Waals surface area contributed by atoms with E-state index < -0.39 is 57.3 Å². The Morgan fingerprint density at radius 3 is 2.66 bits per heavy atom. The predicted molar refractivity (Wildman–Crippen MR) is 117 cm³/mol. The van der Waals surface area contributed by atoms with Crippen molar-refractivity contribution in [2.75, 3.05) is 6.01 Å². The zero-order valence-electron chi connectivity index (χ0n) is 18.4. The second-order valence-electron chi connectivity index (χ2n) is 9.61. The standard InChI is InChI=1S/C24H29F3O4S/c1-14-8-18(22(3,6-7-28)24(14,31)21(30)32-13-25)16-9-20(27)19-10-17(29)4-5-23(19,12-16)11-15(2)26/h4-5,7,10-11,14,16,18,20,31H,6,8-9,12-13H2,1-3H3/b15-11-/t14-,16?,18?,20+,22+,23+,24+/m1/s1. The van der Waals surface area contributed by atoms with Crippen LogP contribution < -0.4 is 0 Å². The van der Waals surface area contributed by atoms with Gasteiger partial charge < -0.3 is 9.90 Å². The maximum absolute atomic E-state index is 15.4. The Bertz CT molecular complexity index is 896. The molecular formula is C24H29F3O4S. The smallest absolute Gasteiger partial charge is 0.223 e. The molecule has 2 fully saturated rings. The lowest BCUT2D eigenvalue weighted by molar-refractivity contribution is -0.151. The number of aliphatic hydroxyl groups is 1. The average Bonchev–Trinajstić information content (AvgIpc) is 2.91. The minimum Gasteiger partial charge on any atom is -0.380 e. The van der Waals surface area contributed by atoms with Crippen molar-refractivity contribution >= 4 is 28.9 Å². The van der Waals surface area contributed by atoms with Crippen LogP contribution in [0, 0.1) is 28.6 Å². The van der Waals surface area contributed by atoms with E-state index in [2.05, 4.69) is 0 Å². The summed E-state index contributed by atoms with van der Waals surface area (Å²) in [6.45, 7) is 4.57. The van der Waals surface area contributed by atoms with Gasteiger partial charge in [-0.25, -0.2) is 13.2 Å². The van der Waals surface area contributed by atoms with Crippen LogP contribution in [-0.4, -0.2) is 40.1 Å². The van der Waals surface area contributed by atoms with Crippen LogP contribution in [0.2, 0.25) is 0 Å². The SMILES string of the molecule is C/C(F)=C/[C@]12C=CC(=O)C=C1[C@@H](F)CC(C1C[C@@H](C)[C@](O)(C(=O)SCF)[C@@]1(C)CC=O)C2. The molecule has 0 amide bonds. The monoisotopic (exact) mass is 470 g/mol. The van der Waals surface area contributed by atoms with E-state index in [0.717, 1.165) is 0 Å². The summed E-state index contributed by atoms with van der Waals surface area (Å²) in [4.78, 5) is 36.3. The molecule has 0 aromatic rings. The lowest BCUT2D eigenvalue weighted by Crippen LogP contribution is -2.55. The van der Waals surface area contributed by atoms with Crippen molar-refractivity contribution in [2.45, 2.75) is 58.2 Å². The fourth-order valence-corrected chi connectivity index (χ4v) is 7.19. The second kappa shape index (κ2) is 8.93. The molecule has 3 aliphatic rings. The lowest BCUT2D eigenvalue weighted by Gasteiger charge is -2.49. The van der Waals surface area contributed by atoms with E-state index in [9.17, 15) is 28.3 Å². The van der Waals surface area contributed by atoms with Crippen LogP contribution in [0.15, 0.2) is 35.7 Å². The van der Waals surface area contributed by atoms with Crippen LogP contribution >= 0.6 is 11.8 Å². The Morgan fingerprint density at radius 1 is 1.38 bits per heavy atom. The summed E-state index contributed by atoms with van der Waals surface area (Å²) in [7, 11) is 0. The van der Waals surface area contributed by atoms with E-state index in [4.69, 9.17) is 0 Å². The van der Waals surface area contributed by atoms with Gasteiger partial charge >= 0.3 is 0 Å². The molecule has 0 aromatic carbocycles. The van der Waals surface area contributed by atoms with E-state index in [1.54, 1.807) is 13.8 Å². The van der Waals surface area contributed by atoms with Gasteiger partial charge in [0.05, 0.1) is 5.83 Å². The number of alkyl halides is 2. The number of thioether (sulfide) groups is 1. The first-order valence-electron chi connectivity index (χ1n) is 10.8. The third-order valence-corrected chi connectivity index (χ3v) is 8.55. The van der Waals surface area contributed by atoms with Gasteiger partial charge in [0.15, 0.2) is 5.78 Å². The first kappa shape index (κ1) is 25.0. The highest BCUT2D eigenvalue weighted by atomic mass is 32.2. The molecule has 0 aromatic heterocycles. The molecule has 2 saturated carbocycles. The summed E-state index contributed by atoms with van der Waals surface area (Å²) in [6, 6.07) is -0.998. The zero-order valence-corrected chi connectivity index (χ0v) is 19.3.